The maximum Gasteiger partial charge on any atom is 0.146 e. The molecule has 0 amide bonds. The normalized spacial score (nSPS) is 15.9. The van der Waals surface area contributed by atoms with Crippen molar-refractivity contribution < 1.29 is 4.74 Å². The number of ether oxygens (including phenoxy) is 1. The van der Waals surface area contributed by atoms with Gasteiger partial charge in [-0.15, -0.1) is 0 Å². The number of pyridine rings is 1. The Hall–Kier alpha value is -3.08. The first-order valence-electron chi connectivity index (χ1n) is 7.80. The summed E-state index contributed by atoms with van der Waals surface area (Å²) in [6, 6.07) is 6.13. The molecule has 0 bridgehead atoms. The van der Waals surface area contributed by atoms with Gasteiger partial charge in [-0.1, -0.05) is 0 Å². The van der Waals surface area contributed by atoms with E-state index in [9.17, 15) is 0 Å². The van der Waals surface area contributed by atoms with Crippen molar-refractivity contribution in [2.24, 2.45) is 4.99 Å². The molecular formula is C19H18N4O. The summed E-state index contributed by atoms with van der Waals surface area (Å²) >= 11 is 0. The molecule has 1 aliphatic rings. The molecule has 0 saturated heterocycles. The van der Waals surface area contributed by atoms with Gasteiger partial charge in [-0.2, -0.15) is 0 Å². The number of allylic oxidation sites excluding steroid dienone is 1. The Balaban J connectivity index is 1.77. The third-order valence-electron chi connectivity index (χ3n) is 4.15. The number of H-pyrrole nitrogens is 2. The number of methoxy groups -OCH3 is 1. The molecule has 0 radical (unpaired) electrons. The first-order valence-corrected chi connectivity index (χ1v) is 7.80. The first kappa shape index (κ1) is 14.5. The zero-order valence-electron chi connectivity index (χ0n) is 13.8. The van der Waals surface area contributed by atoms with Crippen molar-refractivity contribution in [2.75, 3.05) is 7.11 Å². The summed E-state index contributed by atoms with van der Waals surface area (Å²) in [5.41, 5.74) is 7.04. The molecule has 2 N–H and O–H groups in total. The predicted octanol–water partition coefficient (Wildman–Crippen LogP) is 3.88. The Bertz CT molecular complexity index is 984. The number of hydrogen-bond donors (Lipinski definition) is 2. The largest absolute Gasteiger partial charge is 0.494 e. The third kappa shape index (κ3) is 2.44. The number of fused-ring (bicyclic) bond motifs is 1. The Morgan fingerprint density at radius 1 is 1.17 bits per heavy atom. The van der Waals surface area contributed by atoms with E-state index in [0.717, 1.165) is 45.2 Å². The van der Waals surface area contributed by atoms with E-state index in [1.54, 1.807) is 13.3 Å². The lowest BCUT2D eigenvalue weighted by atomic mass is 10.2. The van der Waals surface area contributed by atoms with Gasteiger partial charge < -0.3 is 14.7 Å². The molecule has 5 heteroatoms. The minimum atomic E-state index is 0.758. The summed E-state index contributed by atoms with van der Waals surface area (Å²) < 4.78 is 5.51. The summed E-state index contributed by atoms with van der Waals surface area (Å²) in [6.45, 7) is 4.13. The van der Waals surface area contributed by atoms with Gasteiger partial charge in [-0.05, 0) is 43.7 Å². The second-order valence-electron chi connectivity index (χ2n) is 5.93. The number of hydrogen-bond acceptors (Lipinski definition) is 3. The molecule has 1 aliphatic heterocycles. The fraction of sp³-hybridized carbons (Fsp3) is 0.158. The second kappa shape index (κ2) is 5.53. The highest BCUT2D eigenvalue weighted by atomic mass is 16.5. The summed E-state index contributed by atoms with van der Waals surface area (Å²) in [6.07, 6.45) is 7.59. The predicted molar refractivity (Wildman–Crippen MR) is 96.0 cm³/mol. The van der Waals surface area contributed by atoms with Gasteiger partial charge in [0, 0.05) is 40.8 Å². The fourth-order valence-electron chi connectivity index (χ4n) is 2.97. The molecular weight excluding hydrogens is 300 g/mol. The second-order valence-corrected chi connectivity index (χ2v) is 5.93. The number of aryl methyl sites for hydroxylation is 2. The van der Waals surface area contributed by atoms with Crippen LogP contribution in [0.1, 0.15) is 22.6 Å². The molecule has 120 valence electrons. The Morgan fingerprint density at radius 2 is 2.04 bits per heavy atom. The Morgan fingerprint density at radius 3 is 2.75 bits per heavy atom. The van der Waals surface area contributed by atoms with Crippen LogP contribution in [0.2, 0.25) is 0 Å². The first-order chi connectivity index (χ1) is 11.6. The zero-order valence-corrected chi connectivity index (χ0v) is 13.8. The Labute approximate surface area is 139 Å². The molecule has 24 heavy (non-hydrogen) atoms. The van der Waals surface area contributed by atoms with E-state index in [-0.39, 0.29) is 0 Å². The molecule has 0 aromatic carbocycles. The van der Waals surface area contributed by atoms with Crippen molar-refractivity contribution in [1.29, 1.82) is 0 Å². The lowest BCUT2D eigenvalue weighted by Crippen LogP contribution is -1.93. The van der Waals surface area contributed by atoms with Crippen LogP contribution in [0, 0.1) is 13.8 Å². The topological polar surface area (TPSA) is 66.1 Å². The number of rotatable bonds is 3. The van der Waals surface area contributed by atoms with Gasteiger partial charge in [0.25, 0.3) is 0 Å². The van der Waals surface area contributed by atoms with Crippen molar-refractivity contribution in [2.45, 2.75) is 13.8 Å². The number of nitrogens with zero attached hydrogens (tertiary/aromatic N) is 2. The molecule has 4 rings (SSSR count). The minimum absolute atomic E-state index is 0.758. The standard InChI is InChI=1S/C19H18N4O/c1-11-6-12(2)21-15(11)8-18-19(24-3)9-17(23-18)16-7-13-10-20-5-4-14(13)22-16/h4-10,21-22H,1-3H3. The highest BCUT2D eigenvalue weighted by Gasteiger charge is 2.18. The number of aromatic nitrogens is 3. The van der Waals surface area contributed by atoms with E-state index >= 15 is 0 Å². The average molecular weight is 318 g/mol. The quantitative estimate of drug-likeness (QED) is 0.769. The molecule has 0 spiro atoms. The lowest BCUT2D eigenvalue weighted by Gasteiger charge is -2.01. The molecule has 3 aromatic heterocycles. The van der Waals surface area contributed by atoms with Crippen LogP contribution in [-0.4, -0.2) is 27.8 Å². The molecule has 0 atom stereocenters. The smallest absolute Gasteiger partial charge is 0.146 e. The van der Waals surface area contributed by atoms with Gasteiger partial charge in [0.05, 0.1) is 18.5 Å². The van der Waals surface area contributed by atoms with Gasteiger partial charge in [-0.3, -0.25) is 4.98 Å². The van der Waals surface area contributed by atoms with E-state index < -0.39 is 0 Å². The number of aromatic amines is 2. The van der Waals surface area contributed by atoms with Crippen LogP contribution in [0.5, 0.6) is 0 Å². The van der Waals surface area contributed by atoms with Crippen LogP contribution in [0.15, 0.2) is 53.1 Å². The summed E-state index contributed by atoms with van der Waals surface area (Å²) in [5.74, 6) is 0.758. The van der Waals surface area contributed by atoms with Gasteiger partial charge in [0.15, 0.2) is 0 Å². The SMILES string of the molecule is COC1=CC(c2cc3cnccc3[nH]2)=NC1=Cc1[nH]c(C)cc1C. The van der Waals surface area contributed by atoms with Gasteiger partial charge >= 0.3 is 0 Å². The van der Waals surface area contributed by atoms with E-state index in [4.69, 9.17) is 9.73 Å². The summed E-state index contributed by atoms with van der Waals surface area (Å²) in [5, 5.41) is 1.07. The maximum absolute atomic E-state index is 5.51. The van der Waals surface area contributed by atoms with E-state index in [0.29, 0.717) is 0 Å². The highest BCUT2D eigenvalue weighted by molar-refractivity contribution is 6.13. The lowest BCUT2D eigenvalue weighted by molar-refractivity contribution is 0.303. The van der Waals surface area contributed by atoms with E-state index in [2.05, 4.69) is 34.0 Å². The molecule has 0 aliphatic carbocycles. The molecule has 3 aromatic rings. The number of aliphatic imine (C=N–C) groups is 1. The maximum atomic E-state index is 5.51. The summed E-state index contributed by atoms with van der Waals surface area (Å²) in [4.78, 5) is 15.6. The monoisotopic (exact) mass is 318 g/mol. The highest BCUT2D eigenvalue weighted by Crippen LogP contribution is 2.26. The van der Waals surface area contributed by atoms with E-state index in [1.807, 2.05) is 31.3 Å². The van der Waals surface area contributed by atoms with Crippen LogP contribution in [0.25, 0.3) is 17.0 Å². The Kier molecular flexibility index (Phi) is 3.34. The molecule has 0 unspecified atom stereocenters. The van der Waals surface area contributed by atoms with Gasteiger partial charge in [-0.25, -0.2) is 4.99 Å². The van der Waals surface area contributed by atoms with Crippen molar-refractivity contribution in [3.05, 3.63) is 70.8 Å². The molecule has 5 nitrogen and oxygen atoms in total. The van der Waals surface area contributed by atoms with Crippen LogP contribution in [-0.2, 0) is 4.74 Å². The average Bonchev–Trinajstić information content (AvgIpc) is 3.24. The fourth-order valence-corrected chi connectivity index (χ4v) is 2.97. The molecule has 0 fully saturated rings. The minimum Gasteiger partial charge on any atom is -0.494 e. The number of nitrogens with one attached hydrogen (secondary N) is 2. The molecule has 4 heterocycles. The van der Waals surface area contributed by atoms with Crippen LogP contribution < -0.4 is 0 Å². The van der Waals surface area contributed by atoms with Gasteiger partial charge in [0.2, 0.25) is 0 Å². The van der Waals surface area contributed by atoms with Gasteiger partial charge in [0.1, 0.15) is 11.5 Å². The van der Waals surface area contributed by atoms with Crippen LogP contribution >= 0.6 is 0 Å². The van der Waals surface area contributed by atoms with Crippen LogP contribution in [0.4, 0.5) is 0 Å². The third-order valence-corrected chi connectivity index (χ3v) is 4.15. The van der Waals surface area contributed by atoms with Crippen molar-refractivity contribution in [1.82, 2.24) is 15.0 Å². The molecule has 0 saturated carbocycles. The van der Waals surface area contributed by atoms with Crippen LogP contribution in [0.3, 0.4) is 0 Å². The van der Waals surface area contributed by atoms with Crippen molar-refractivity contribution in [3.8, 4) is 0 Å². The van der Waals surface area contributed by atoms with Crippen molar-refractivity contribution >= 4 is 22.7 Å². The summed E-state index contributed by atoms with van der Waals surface area (Å²) in [7, 11) is 1.67. The van der Waals surface area contributed by atoms with E-state index in [1.165, 1.54) is 5.56 Å². The van der Waals surface area contributed by atoms with Crippen molar-refractivity contribution in [3.63, 3.8) is 0 Å². The zero-order chi connectivity index (χ0) is 16.7.